The molecule has 2 aliphatic rings. The van der Waals surface area contributed by atoms with Gasteiger partial charge in [-0.3, -0.25) is 19.7 Å². The molecular weight excluding hydrogens is 220 g/mol. The minimum Gasteiger partial charge on any atom is -0.321 e. The number of nitrogens with zero attached hydrogens (tertiary/aromatic N) is 1. The first kappa shape index (κ1) is 11.8. The van der Waals surface area contributed by atoms with Crippen molar-refractivity contribution in [2.24, 2.45) is 5.92 Å². The molecule has 5 nitrogen and oxygen atoms in total. The quantitative estimate of drug-likeness (QED) is 0.523. The lowest BCUT2D eigenvalue weighted by molar-refractivity contribution is -0.151. The Hall–Kier alpha value is -1.65. The molecule has 1 aliphatic heterocycles. The normalized spacial score (nSPS) is 29.1. The summed E-state index contributed by atoms with van der Waals surface area (Å²) in [5.41, 5.74) is 0. The number of rotatable bonds is 1. The highest BCUT2D eigenvalue weighted by atomic mass is 16.2. The third-order valence-electron chi connectivity index (χ3n) is 3.32. The molecule has 0 radical (unpaired) electrons. The van der Waals surface area contributed by atoms with Crippen LogP contribution in [0.3, 0.4) is 0 Å². The SMILES string of the molecule is CC1C(=O)NC(=O)CN1C(=O)C1CC=CCC1. The van der Waals surface area contributed by atoms with Gasteiger partial charge in [0.15, 0.2) is 0 Å². The zero-order valence-corrected chi connectivity index (χ0v) is 9.81. The molecule has 1 fully saturated rings. The average molecular weight is 236 g/mol. The lowest BCUT2D eigenvalue weighted by Crippen LogP contribution is -2.59. The zero-order valence-electron chi connectivity index (χ0n) is 9.81. The number of hydrogen-bond acceptors (Lipinski definition) is 3. The molecule has 5 heteroatoms. The number of hydrogen-bond donors (Lipinski definition) is 1. The Balaban J connectivity index is 2.09. The number of imide groups is 1. The summed E-state index contributed by atoms with van der Waals surface area (Å²) in [5.74, 6) is -0.944. The number of piperazine rings is 1. The maximum absolute atomic E-state index is 12.2. The van der Waals surface area contributed by atoms with Crippen LogP contribution in [0.15, 0.2) is 12.2 Å². The molecule has 0 bridgehead atoms. The summed E-state index contributed by atoms with van der Waals surface area (Å²) in [4.78, 5) is 36.3. The summed E-state index contributed by atoms with van der Waals surface area (Å²) in [6, 6.07) is -0.550. The Morgan fingerprint density at radius 2 is 2.18 bits per heavy atom. The maximum Gasteiger partial charge on any atom is 0.249 e. The Labute approximate surface area is 99.8 Å². The van der Waals surface area contributed by atoms with Crippen LogP contribution in [0.2, 0.25) is 0 Å². The van der Waals surface area contributed by atoms with Gasteiger partial charge in [-0.1, -0.05) is 12.2 Å². The molecule has 1 aliphatic carbocycles. The van der Waals surface area contributed by atoms with Gasteiger partial charge < -0.3 is 4.90 Å². The van der Waals surface area contributed by atoms with E-state index in [4.69, 9.17) is 0 Å². The summed E-state index contributed by atoms with van der Waals surface area (Å²) in [5, 5.41) is 2.23. The molecule has 2 unspecified atom stereocenters. The van der Waals surface area contributed by atoms with Crippen LogP contribution in [0.4, 0.5) is 0 Å². The monoisotopic (exact) mass is 236 g/mol. The molecule has 92 valence electrons. The number of amides is 3. The Morgan fingerprint density at radius 3 is 2.82 bits per heavy atom. The van der Waals surface area contributed by atoms with Gasteiger partial charge in [-0.2, -0.15) is 0 Å². The van der Waals surface area contributed by atoms with Crippen molar-refractivity contribution in [2.45, 2.75) is 32.2 Å². The first-order chi connectivity index (χ1) is 8.09. The van der Waals surface area contributed by atoms with Gasteiger partial charge in [0.1, 0.15) is 12.6 Å². The summed E-state index contributed by atoms with van der Waals surface area (Å²) in [7, 11) is 0. The predicted molar refractivity (Wildman–Crippen MR) is 60.8 cm³/mol. The van der Waals surface area contributed by atoms with Crippen LogP contribution >= 0.6 is 0 Å². The molecule has 0 spiro atoms. The van der Waals surface area contributed by atoms with E-state index < -0.39 is 11.9 Å². The lowest BCUT2D eigenvalue weighted by atomic mass is 9.92. The number of allylic oxidation sites excluding steroid dienone is 2. The van der Waals surface area contributed by atoms with Crippen LogP contribution in [0.5, 0.6) is 0 Å². The zero-order chi connectivity index (χ0) is 12.4. The Bertz CT molecular complexity index is 389. The average Bonchev–Trinajstić information content (AvgIpc) is 2.34. The van der Waals surface area contributed by atoms with Crippen LogP contribution in [-0.4, -0.2) is 35.2 Å². The molecule has 0 saturated carbocycles. The third-order valence-corrected chi connectivity index (χ3v) is 3.32. The number of carbonyl (C=O) groups is 3. The Kier molecular flexibility index (Phi) is 3.26. The number of carbonyl (C=O) groups excluding carboxylic acids is 3. The molecule has 1 N–H and O–H groups in total. The van der Waals surface area contributed by atoms with Crippen molar-refractivity contribution in [3.8, 4) is 0 Å². The molecule has 2 atom stereocenters. The van der Waals surface area contributed by atoms with Crippen LogP contribution in [-0.2, 0) is 14.4 Å². The Morgan fingerprint density at radius 1 is 1.41 bits per heavy atom. The van der Waals surface area contributed by atoms with Crippen LogP contribution in [0, 0.1) is 5.92 Å². The smallest absolute Gasteiger partial charge is 0.249 e. The van der Waals surface area contributed by atoms with Crippen molar-refractivity contribution in [3.05, 3.63) is 12.2 Å². The van der Waals surface area contributed by atoms with Crippen molar-refractivity contribution < 1.29 is 14.4 Å². The van der Waals surface area contributed by atoms with Gasteiger partial charge in [0.25, 0.3) is 0 Å². The summed E-state index contributed by atoms with van der Waals surface area (Å²) in [6.45, 7) is 1.64. The third kappa shape index (κ3) is 2.38. The molecule has 0 aromatic carbocycles. The van der Waals surface area contributed by atoms with Gasteiger partial charge in [-0.15, -0.1) is 0 Å². The lowest BCUT2D eigenvalue weighted by Gasteiger charge is -2.34. The number of nitrogens with one attached hydrogen (secondary N) is 1. The van der Waals surface area contributed by atoms with Crippen molar-refractivity contribution in [2.75, 3.05) is 6.54 Å². The second kappa shape index (κ2) is 4.69. The second-order valence-electron chi connectivity index (χ2n) is 4.54. The summed E-state index contributed by atoms with van der Waals surface area (Å²) in [6.07, 6.45) is 6.44. The standard InChI is InChI=1S/C12H16N2O3/c1-8-11(16)13-10(15)7-14(8)12(17)9-5-3-2-4-6-9/h2-3,8-9H,4-7H2,1H3,(H,13,15,16). The highest BCUT2D eigenvalue weighted by Crippen LogP contribution is 2.22. The van der Waals surface area contributed by atoms with E-state index in [9.17, 15) is 14.4 Å². The van der Waals surface area contributed by atoms with Gasteiger partial charge >= 0.3 is 0 Å². The minimum absolute atomic E-state index is 0.00798. The molecule has 1 saturated heterocycles. The highest BCUT2D eigenvalue weighted by molar-refractivity contribution is 6.04. The van der Waals surface area contributed by atoms with Crippen LogP contribution in [0.25, 0.3) is 0 Å². The largest absolute Gasteiger partial charge is 0.321 e. The molecule has 1 heterocycles. The van der Waals surface area contributed by atoms with Crippen molar-refractivity contribution >= 4 is 17.7 Å². The topological polar surface area (TPSA) is 66.5 Å². The fraction of sp³-hybridized carbons (Fsp3) is 0.583. The predicted octanol–water partition coefficient (Wildman–Crippen LogP) is 0.216. The van der Waals surface area contributed by atoms with Gasteiger partial charge in [0.05, 0.1) is 0 Å². The van der Waals surface area contributed by atoms with Gasteiger partial charge in [-0.25, -0.2) is 0 Å². The first-order valence-electron chi connectivity index (χ1n) is 5.88. The van der Waals surface area contributed by atoms with Gasteiger partial charge in [0, 0.05) is 5.92 Å². The van der Waals surface area contributed by atoms with E-state index >= 15 is 0 Å². The first-order valence-corrected chi connectivity index (χ1v) is 5.88. The molecular formula is C12H16N2O3. The van der Waals surface area contributed by atoms with Crippen molar-refractivity contribution in [1.29, 1.82) is 0 Å². The van der Waals surface area contributed by atoms with Crippen LogP contribution in [0.1, 0.15) is 26.2 Å². The fourth-order valence-corrected chi connectivity index (χ4v) is 2.24. The van der Waals surface area contributed by atoms with E-state index in [0.29, 0.717) is 6.42 Å². The molecule has 3 amide bonds. The van der Waals surface area contributed by atoms with E-state index in [2.05, 4.69) is 11.4 Å². The van der Waals surface area contributed by atoms with E-state index in [0.717, 1.165) is 12.8 Å². The molecule has 0 aromatic heterocycles. The highest BCUT2D eigenvalue weighted by Gasteiger charge is 2.36. The van der Waals surface area contributed by atoms with E-state index in [1.807, 2.05) is 6.08 Å². The van der Waals surface area contributed by atoms with E-state index in [-0.39, 0.29) is 24.3 Å². The van der Waals surface area contributed by atoms with Crippen LogP contribution < -0.4 is 5.32 Å². The second-order valence-corrected chi connectivity index (χ2v) is 4.54. The summed E-state index contributed by atoms with van der Waals surface area (Å²) >= 11 is 0. The van der Waals surface area contributed by atoms with Gasteiger partial charge in [0.2, 0.25) is 17.7 Å². The van der Waals surface area contributed by atoms with Crippen molar-refractivity contribution in [1.82, 2.24) is 10.2 Å². The van der Waals surface area contributed by atoms with E-state index in [1.165, 1.54) is 4.90 Å². The molecule has 0 aromatic rings. The van der Waals surface area contributed by atoms with E-state index in [1.54, 1.807) is 6.92 Å². The minimum atomic E-state index is -0.550. The molecule has 17 heavy (non-hydrogen) atoms. The van der Waals surface area contributed by atoms with Crippen molar-refractivity contribution in [3.63, 3.8) is 0 Å². The van der Waals surface area contributed by atoms with Gasteiger partial charge in [-0.05, 0) is 26.2 Å². The summed E-state index contributed by atoms with van der Waals surface area (Å²) < 4.78 is 0. The fourth-order valence-electron chi connectivity index (χ4n) is 2.24. The maximum atomic E-state index is 12.2. The molecule has 2 rings (SSSR count).